The molecule has 1 unspecified atom stereocenters. The highest BCUT2D eigenvalue weighted by molar-refractivity contribution is 7.89. The fourth-order valence-electron chi connectivity index (χ4n) is 2.75. The van der Waals surface area contributed by atoms with Gasteiger partial charge in [0.05, 0.1) is 11.4 Å². The smallest absolute Gasteiger partial charge is 0.242 e. The molecule has 0 radical (unpaired) electrons. The van der Waals surface area contributed by atoms with Crippen LogP contribution in [0.4, 0.5) is 0 Å². The Bertz CT molecular complexity index is 669. The second-order valence-corrected chi connectivity index (χ2v) is 7.74. The highest BCUT2D eigenvalue weighted by Gasteiger charge is 2.37. The van der Waals surface area contributed by atoms with Crippen LogP contribution in [0.2, 0.25) is 0 Å². The third-order valence-corrected chi connectivity index (χ3v) is 5.59. The van der Waals surface area contributed by atoms with E-state index in [0.29, 0.717) is 5.56 Å². The Morgan fingerprint density at radius 3 is 2.71 bits per heavy atom. The Balaban J connectivity index is 2.32. The number of nitrogens with one attached hydrogen (secondary N) is 1. The van der Waals surface area contributed by atoms with Crippen molar-refractivity contribution >= 4 is 10.0 Å². The lowest BCUT2D eigenvalue weighted by Crippen LogP contribution is -2.41. The standard InChI is InChI=1S/C16H22N2O2S/c1-16(2)11-5-10-15(16)18-21(19,20)14-9-4-3-7-13(14)8-6-12-17/h3-4,7,9,15,18H,5,10-12,17H2,1-2H3. The molecule has 2 rings (SSSR count). The van der Waals surface area contributed by atoms with Crippen molar-refractivity contribution in [2.24, 2.45) is 11.1 Å². The van der Waals surface area contributed by atoms with Gasteiger partial charge in [0.1, 0.15) is 0 Å². The van der Waals surface area contributed by atoms with Gasteiger partial charge in [-0.15, -0.1) is 0 Å². The van der Waals surface area contributed by atoms with E-state index in [9.17, 15) is 8.42 Å². The van der Waals surface area contributed by atoms with Crippen LogP contribution in [-0.2, 0) is 10.0 Å². The number of hydrogen-bond donors (Lipinski definition) is 2. The van der Waals surface area contributed by atoms with Gasteiger partial charge < -0.3 is 5.73 Å². The molecule has 0 aromatic heterocycles. The van der Waals surface area contributed by atoms with E-state index in [4.69, 9.17) is 5.73 Å². The molecule has 1 atom stereocenters. The molecule has 114 valence electrons. The van der Waals surface area contributed by atoms with Gasteiger partial charge in [-0.1, -0.05) is 44.2 Å². The quantitative estimate of drug-likeness (QED) is 0.837. The van der Waals surface area contributed by atoms with E-state index in [1.54, 1.807) is 24.3 Å². The van der Waals surface area contributed by atoms with Crippen LogP contribution in [-0.4, -0.2) is 21.0 Å². The molecular formula is C16H22N2O2S. The molecule has 4 nitrogen and oxygen atoms in total. The second-order valence-electron chi connectivity index (χ2n) is 6.06. The summed E-state index contributed by atoms with van der Waals surface area (Å²) in [5, 5.41) is 0. The monoisotopic (exact) mass is 306 g/mol. The number of benzene rings is 1. The van der Waals surface area contributed by atoms with Crippen LogP contribution in [0, 0.1) is 17.3 Å². The summed E-state index contributed by atoms with van der Waals surface area (Å²) >= 11 is 0. The van der Waals surface area contributed by atoms with Crippen molar-refractivity contribution in [1.29, 1.82) is 0 Å². The largest absolute Gasteiger partial charge is 0.320 e. The average molecular weight is 306 g/mol. The Kier molecular flexibility index (Phi) is 4.72. The van der Waals surface area contributed by atoms with Gasteiger partial charge in [0.25, 0.3) is 0 Å². The molecule has 0 bridgehead atoms. The van der Waals surface area contributed by atoms with Gasteiger partial charge in [-0.05, 0) is 30.4 Å². The molecule has 1 aromatic rings. The summed E-state index contributed by atoms with van der Waals surface area (Å²) in [4.78, 5) is 0.230. The van der Waals surface area contributed by atoms with Gasteiger partial charge in [0, 0.05) is 11.6 Å². The summed E-state index contributed by atoms with van der Waals surface area (Å²) in [6.45, 7) is 4.41. The van der Waals surface area contributed by atoms with E-state index in [1.807, 2.05) is 0 Å². The molecule has 1 aliphatic rings. The van der Waals surface area contributed by atoms with Crippen LogP contribution in [0.3, 0.4) is 0 Å². The normalized spacial score (nSPS) is 20.8. The first-order valence-electron chi connectivity index (χ1n) is 7.17. The molecule has 1 saturated carbocycles. The van der Waals surface area contributed by atoms with Gasteiger partial charge in [-0.25, -0.2) is 13.1 Å². The SMILES string of the molecule is CC1(C)CCCC1NS(=O)(=O)c1ccccc1C#CCN. The van der Waals surface area contributed by atoms with Gasteiger partial charge in [-0.3, -0.25) is 0 Å². The predicted molar refractivity (Wildman–Crippen MR) is 84.1 cm³/mol. The minimum atomic E-state index is -3.57. The summed E-state index contributed by atoms with van der Waals surface area (Å²) in [5.74, 6) is 5.54. The van der Waals surface area contributed by atoms with Crippen molar-refractivity contribution in [2.45, 2.75) is 44.0 Å². The van der Waals surface area contributed by atoms with Gasteiger partial charge >= 0.3 is 0 Å². The molecule has 3 N–H and O–H groups in total. The van der Waals surface area contributed by atoms with E-state index >= 15 is 0 Å². The van der Waals surface area contributed by atoms with E-state index in [-0.39, 0.29) is 22.9 Å². The molecule has 1 fully saturated rings. The predicted octanol–water partition coefficient (Wildman–Crippen LogP) is 1.85. The first-order valence-corrected chi connectivity index (χ1v) is 8.65. The lowest BCUT2D eigenvalue weighted by Gasteiger charge is -2.27. The van der Waals surface area contributed by atoms with Crippen molar-refractivity contribution < 1.29 is 8.42 Å². The van der Waals surface area contributed by atoms with Crippen LogP contribution >= 0.6 is 0 Å². The fourth-order valence-corrected chi connectivity index (χ4v) is 4.35. The molecule has 21 heavy (non-hydrogen) atoms. The minimum absolute atomic E-state index is 0.00898. The minimum Gasteiger partial charge on any atom is -0.320 e. The van der Waals surface area contributed by atoms with Gasteiger partial charge in [0.15, 0.2) is 0 Å². The highest BCUT2D eigenvalue weighted by atomic mass is 32.2. The molecule has 5 heteroatoms. The van der Waals surface area contributed by atoms with Crippen molar-refractivity contribution in [3.05, 3.63) is 29.8 Å². The molecular weight excluding hydrogens is 284 g/mol. The lowest BCUT2D eigenvalue weighted by atomic mass is 9.88. The first kappa shape index (κ1) is 16.0. The Hall–Kier alpha value is -1.35. The third-order valence-electron chi connectivity index (χ3n) is 4.06. The first-order chi connectivity index (χ1) is 9.87. The zero-order valence-electron chi connectivity index (χ0n) is 12.5. The Morgan fingerprint density at radius 1 is 1.38 bits per heavy atom. The summed E-state index contributed by atoms with van der Waals surface area (Å²) in [6.07, 6.45) is 2.96. The summed E-state index contributed by atoms with van der Waals surface area (Å²) in [7, 11) is -3.57. The van der Waals surface area contributed by atoms with E-state index in [0.717, 1.165) is 19.3 Å². The maximum atomic E-state index is 12.6. The summed E-state index contributed by atoms with van der Waals surface area (Å²) in [5.41, 5.74) is 5.85. The molecule has 1 aliphatic carbocycles. The molecule has 1 aromatic carbocycles. The van der Waals surface area contributed by atoms with Crippen LogP contribution in [0.15, 0.2) is 29.2 Å². The molecule has 0 heterocycles. The van der Waals surface area contributed by atoms with Crippen molar-refractivity contribution in [1.82, 2.24) is 4.72 Å². The maximum absolute atomic E-state index is 12.6. The van der Waals surface area contributed by atoms with Crippen molar-refractivity contribution in [3.8, 4) is 11.8 Å². The average Bonchev–Trinajstić information content (AvgIpc) is 2.75. The Morgan fingerprint density at radius 2 is 2.10 bits per heavy atom. The fraction of sp³-hybridized carbons (Fsp3) is 0.500. The number of rotatable bonds is 3. The summed E-state index contributed by atoms with van der Waals surface area (Å²) < 4.78 is 28.2. The van der Waals surface area contributed by atoms with E-state index < -0.39 is 10.0 Å². The van der Waals surface area contributed by atoms with Crippen molar-refractivity contribution in [3.63, 3.8) is 0 Å². The van der Waals surface area contributed by atoms with Crippen LogP contribution < -0.4 is 10.5 Å². The second kappa shape index (κ2) is 6.18. The zero-order chi connectivity index (χ0) is 15.5. The summed E-state index contributed by atoms with van der Waals surface area (Å²) in [6, 6.07) is 6.75. The molecule has 0 aliphatic heterocycles. The van der Waals surface area contributed by atoms with E-state index in [2.05, 4.69) is 30.4 Å². The molecule has 0 amide bonds. The highest BCUT2D eigenvalue weighted by Crippen LogP contribution is 2.38. The topological polar surface area (TPSA) is 72.2 Å². The van der Waals surface area contributed by atoms with Crippen molar-refractivity contribution in [2.75, 3.05) is 6.54 Å². The number of hydrogen-bond acceptors (Lipinski definition) is 3. The zero-order valence-corrected chi connectivity index (χ0v) is 13.3. The Labute approximate surface area is 127 Å². The van der Waals surface area contributed by atoms with Gasteiger partial charge in [0.2, 0.25) is 10.0 Å². The maximum Gasteiger partial charge on any atom is 0.242 e. The van der Waals surface area contributed by atoms with Gasteiger partial charge in [-0.2, -0.15) is 0 Å². The van der Waals surface area contributed by atoms with E-state index in [1.165, 1.54) is 0 Å². The number of sulfonamides is 1. The molecule has 0 spiro atoms. The molecule has 0 saturated heterocycles. The van der Waals surface area contributed by atoms with Crippen LogP contribution in [0.5, 0.6) is 0 Å². The number of nitrogens with two attached hydrogens (primary N) is 1. The lowest BCUT2D eigenvalue weighted by molar-refractivity contribution is 0.313. The van der Waals surface area contributed by atoms with Crippen LogP contribution in [0.1, 0.15) is 38.7 Å². The van der Waals surface area contributed by atoms with Crippen LogP contribution in [0.25, 0.3) is 0 Å². The third kappa shape index (κ3) is 3.65.